The fourth-order valence-corrected chi connectivity index (χ4v) is 3.25. The van der Waals surface area contributed by atoms with E-state index < -0.39 is 0 Å². The molecule has 0 aliphatic carbocycles. The van der Waals surface area contributed by atoms with E-state index in [1.807, 2.05) is 18.2 Å². The van der Waals surface area contributed by atoms with Gasteiger partial charge in [0, 0.05) is 28.7 Å². The van der Waals surface area contributed by atoms with Crippen LogP contribution < -0.4 is 5.73 Å². The normalized spacial score (nSPS) is 23.6. The summed E-state index contributed by atoms with van der Waals surface area (Å²) in [4.78, 5) is 4.72. The van der Waals surface area contributed by atoms with Gasteiger partial charge in [-0.25, -0.2) is 0 Å². The van der Waals surface area contributed by atoms with Gasteiger partial charge in [-0.05, 0) is 63.8 Å². The first kappa shape index (κ1) is 16.1. The average molecular weight is 316 g/mol. The van der Waals surface area contributed by atoms with Crippen LogP contribution in [0, 0.1) is 0 Å². The van der Waals surface area contributed by atoms with Crippen LogP contribution in [0.25, 0.3) is 0 Å². The fourth-order valence-electron chi connectivity index (χ4n) is 2.86. The first-order valence-electron chi connectivity index (χ1n) is 7.05. The molecule has 2 rings (SSSR count). The molecule has 0 spiro atoms. The van der Waals surface area contributed by atoms with Crippen molar-refractivity contribution in [2.45, 2.75) is 24.9 Å². The molecule has 2 N–H and O–H groups in total. The Morgan fingerprint density at radius 3 is 2.80 bits per heavy atom. The van der Waals surface area contributed by atoms with Crippen molar-refractivity contribution in [1.82, 2.24) is 9.80 Å². The van der Waals surface area contributed by atoms with Crippen molar-refractivity contribution >= 4 is 23.2 Å². The quantitative estimate of drug-likeness (QED) is 0.930. The fraction of sp³-hybridized carbons (Fsp3) is 0.600. The number of nitrogens with two attached hydrogens (primary N) is 1. The van der Waals surface area contributed by atoms with Crippen LogP contribution in [-0.2, 0) is 6.42 Å². The third-order valence-corrected chi connectivity index (χ3v) is 4.68. The molecule has 5 heteroatoms. The van der Waals surface area contributed by atoms with E-state index in [4.69, 9.17) is 28.9 Å². The maximum absolute atomic E-state index is 6.45. The maximum Gasteiger partial charge on any atom is 0.0439 e. The second-order valence-electron chi connectivity index (χ2n) is 5.77. The number of hydrogen-bond acceptors (Lipinski definition) is 3. The Morgan fingerprint density at radius 1 is 1.30 bits per heavy atom. The van der Waals surface area contributed by atoms with Gasteiger partial charge in [-0.15, -0.1) is 0 Å². The molecule has 0 saturated carbocycles. The number of nitrogens with zero attached hydrogens (tertiary/aromatic N) is 2. The molecule has 0 amide bonds. The molecule has 1 aromatic rings. The first-order chi connectivity index (χ1) is 9.47. The van der Waals surface area contributed by atoms with Crippen LogP contribution in [-0.4, -0.2) is 55.6 Å². The summed E-state index contributed by atoms with van der Waals surface area (Å²) in [5.74, 6) is 0. The zero-order valence-corrected chi connectivity index (χ0v) is 13.7. The Labute approximate surface area is 131 Å². The van der Waals surface area contributed by atoms with Crippen LogP contribution >= 0.6 is 23.2 Å². The summed E-state index contributed by atoms with van der Waals surface area (Å²) in [5, 5.41) is 1.46. The molecule has 2 atom stereocenters. The lowest BCUT2D eigenvalue weighted by atomic mass is 9.99. The minimum Gasteiger partial charge on any atom is -0.326 e. The van der Waals surface area contributed by atoms with E-state index in [0.717, 1.165) is 36.6 Å². The number of rotatable bonds is 3. The van der Waals surface area contributed by atoms with Gasteiger partial charge in [0.2, 0.25) is 0 Å². The third kappa shape index (κ3) is 4.09. The van der Waals surface area contributed by atoms with E-state index in [1.54, 1.807) is 0 Å². The van der Waals surface area contributed by atoms with E-state index in [0.29, 0.717) is 11.1 Å². The lowest BCUT2D eigenvalue weighted by Gasteiger charge is -2.32. The Morgan fingerprint density at radius 2 is 2.05 bits per heavy atom. The zero-order chi connectivity index (χ0) is 14.7. The van der Waals surface area contributed by atoms with Gasteiger partial charge < -0.3 is 15.5 Å². The molecule has 2 unspecified atom stereocenters. The van der Waals surface area contributed by atoms with E-state index in [1.165, 1.54) is 6.42 Å². The second-order valence-corrected chi connectivity index (χ2v) is 6.61. The molecule has 3 nitrogen and oxygen atoms in total. The molecule has 0 radical (unpaired) electrons. The smallest absolute Gasteiger partial charge is 0.0439 e. The van der Waals surface area contributed by atoms with Gasteiger partial charge in [0.15, 0.2) is 0 Å². The van der Waals surface area contributed by atoms with Gasteiger partial charge in [0.1, 0.15) is 0 Å². The summed E-state index contributed by atoms with van der Waals surface area (Å²) in [6.45, 7) is 3.22. The molecule has 1 heterocycles. The van der Waals surface area contributed by atoms with Crippen molar-refractivity contribution in [2.75, 3.05) is 33.7 Å². The van der Waals surface area contributed by atoms with E-state index in [9.17, 15) is 0 Å². The van der Waals surface area contributed by atoms with Crippen LogP contribution in [0.3, 0.4) is 0 Å². The van der Waals surface area contributed by atoms with Crippen molar-refractivity contribution in [3.8, 4) is 0 Å². The minimum atomic E-state index is 0.0523. The lowest BCUT2D eigenvalue weighted by molar-refractivity contribution is 0.195. The van der Waals surface area contributed by atoms with Gasteiger partial charge in [0.05, 0.1) is 0 Å². The predicted molar refractivity (Wildman–Crippen MR) is 86.7 cm³/mol. The van der Waals surface area contributed by atoms with Crippen LogP contribution in [0.15, 0.2) is 18.2 Å². The summed E-state index contributed by atoms with van der Waals surface area (Å²) in [6.07, 6.45) is 1.94. The van der Waals surface area contributed by atoms with E-state index in [2.05, 4.69) is 23.9 Å². The van der Waals surface area contributed by atoms with Gasteiger partial charge in [-0.2, -0.15) is 0 Å². The topological polar surface area (TPSA) is 32.5 Å². The Hall–Kier alpha value is -0.320. The summed E-state index contributed by atoms with van der Waals surface area (Å²) in [6, 6.07) is 5.97. The standard InChI is InChI=1S/C15H23Cl2N3/c1-19-6-3-7-20(2)15(10-19)14(18)9-11-8-12(16)4-5-13(11)17/h4-5,8,14-15H,3,6-7,9-10,18H2,1-2H3. The molecule has 112 valence electrons. The summed E-state index contributed by atoms with van der Waals surface area (Å²) < 4.78 is 0. The van der Waals surface area contributed by atoms with Gasteiger partial charge >= 0.3 is 0 Å². The molecule has 1 aliphatic rings. The zero-order valence-electron chi connectivity index (χ0n) is 12.1. The largest absolute Gasteiger partial charge is 0.326 e. The molecule has 1 aromatic carbocycles. The molecule has 0 aromatic heterocycles. The van der Waals surface area contributed by atoms with Gasteiger partial charge in [-0.3, -0.25) is 0 Å². The lowest BCUT2D eigenvalue weighted by Crippen LogP contribution is -2.51. The van der Waals surface area contributed by atoms with Crippen molar-refractivity contribution in [2.24, 2.45) is 5.73 Å². The Kier molecular flexibility index (Phi) is 5.70. The highest BCUT2D eigenvalue weighted by atomic mass is 35.5. The average Bonchev–Trinajstić information content (AvgIpc) is 2.55. The first-order valence-corrected chi connectivity index (χ1v) is 7.81. The van der Waals surface area contributed by atoms with Gasteiger partial charge in [-0.1, -0.05) is 23.2 Å². The predicted octanol–water partition coefficient (Wildman–Crippen LogP) is 2.50. The van der Waals surface area contributed by atoms with Gasteiger partial charge in [0.25, 0.3) is 0 Å². The number of benzene rings is 1. The summed E-state index contributed by atoms with van der Waals surface area (Å²) in [7, 11) is 4.31. The summed E-state index contributed by atoms with van der Waals surface area (Å²) >= 11 is 12.3. The monoisotopic (exact) mass is 315 g/mol. The van der Waals surface area contributed by atoms with Crippen LogP contribution in [0.1, 0.15) is 12.0 Å². The maximum atomic E-state index is 6.45. The third-order valence-electron chi connectivity index (χ3n) is 4.07. The Balaban J connectivity index is 2.09. The molecule has 1 aliphatic heterocycles. The van der Waals surface area contributed by atoms with Crippen molar-refractivity contribution in [1.29, 1.82) is 0 Å². The SMILES string of the molecule is CN1CCCN(C)C(C(N)Cc2cc(Cl)ccc2Cl)C1. The highest BCUT2D eigenvalue weighted by Gasteiger charge is 2.26. The van der Waals surface area contributed by atoms with E-state index >= 15 is 0 Å². The number of likely N-dealkylation sites (N-methyl/N-ethyl adjacent to an activating group) is 2. The van der Waals surface area contributed by atoms with Crippen molar-refractivity contribution in [3.05, 3.63) is 33.8 Å². The van der Waals surface area contributed by atoms with Crippen LogP contribution in [0.2, 0.25) is 10.0 Å². The number of hydrogen-bond donors (Lipinski definition) is 1. The highest BCUT2D eigenvalue weighted by molar-refractivity contribution is 6.33. The molecule has 1 fully saturated rings. The second kappa shape index (κ2) is 7.10. The number of halogens is 2. The molecular weight excluding hydrogens is 293 g/mol. The van der Waals surface area contributed by atoms with Crippen LogP contribution in [0.5, 0.6) is 0 Å². The molecule has 0 bridgehead atoms. The molecular formula is C15H23Cl2N3. The highest BCUT2D eigenvalue weighted by Crippen LogP contribution is 2.23. The Bertz CT molecular complexity index is 453. The van der Waals surface area contributed by atoms with Crippen LogP contribution in [0.4, 0.5) is 0 Å². The summed E-state index contributed by atoms with van der Waals surface area (Å²) in [5.41, 5.74) is 7.49. The minimum absolute atomic E-state index is 0.0523. The van der Waals surface area contributed by atoms with E-state index in [-0.39, 0.29) is 6.04 Å². The molecule has 20 heavy (non-hydrogen) atoms. The molecule has 1 saturated heterocycles. The van der Waals surface area contributed by atoms with Crippen molar-refractivity contribution < 1.29 is 0 Å². The van der Waals surface area contributed by atoms with Crippen molar-refractivity contribution in [3.63, 3.8) is 0 Å².